The number of benzene rings is 3. The van der Waals surface area contributed by atoms with Gasteiger partial charge >= 0.3 is 0 Å². The molecule has 1 fully saturated rings. The van der Waals surface area contributed by atoms with Crippen LogP contribution < -0.4 is 19.7 Å². The molecule has 1 saturated heterocycles. The maximum absolute atomic E-state index is 12.7. The Morgan fingerprint density at radius 2 is 1.51 bits per heavy atom. The minimum Gasteiger partial charge on any atom is -0.493 e. The summed E-state index contributed by atoms with van der Waals surface area (Å²) in [6.45, 7) is 2.83. The lowest BCUT2D eigenvalue weighted by molar-refractivity contribution is -0.126. The van der Waals surface area contributed by atoms with Crippen molar-refractivity contribution in [1.82, 2.24) is 4.90 Å². The molecule has 3 aromatic carbocycles. The molecule has 0 saturated carbocycles. The molecule has 180 valence electrons. The molecule has 0 unspecified atom stereocenters. The summed E-state index contributed by atoms with van der Waals surface area (Å²) in [5.41, 5.74) is 3.25. The Balaban J connectivity index is 1.30. The highest BCUT2D eigenvalue weighted by atomic mass is 16.5. The van der Waals surface area contributed by atoms with Crippen molar-refractivity contribution in [2.24, 2.45) is 0 Å². The van der Waals surface area contributed by atoms with Gasteiger partial charge in [-0.05, 0) is 54.1 Å². The Bertz CT molecular complexity index is 1180. The lowest BCUT2D eigenvalue weighted by Gasteiger charge is -2.35. The molecule has 0 radical (unpaired) electrons. The maximum atomic E-state index is 12.7. The molecule has 0 spiro atoms. The van der Waals surface area contributed by atoms with Crippen LogP contribution in [0.3, 0.4) is 0 Å². The fourth-order valence-corrected chi connectivity index (χ4v) is 3.96. The summed E-state index contributed by atoms with van der Waals surface area (Å²) in [5.74, 6) is 0.877. The molecule has 0 aromatic heterocycles. The lowest BCUT2D eigenvalue weighted by Crippen LogP contribution is -2.48. The van der Waals surface area contributed by atoms with Crippen LogP contribution in [0.1, 0.15) is 15.9 Å². The molecule has 0 aliphatic carbocycles. The summed E-state index contributed by atoms with van der Waals surface area (Å²) in [6, 6.07) is 22.6. The molecule has 1 aliphatic rings. The van der Waals surface area contributed by atoms with Gasteiger partial charge in [0, 0.05) is 49.2 Å². The molecule has 0 atom stereocenters. The molecule has 3 aromatic rings. The van der Waals surface area contributed by atoms with Crippen LogP contribution in [0.25, 0.3) is 6.08 Å². The summed E-state index contributed by atoms with van der Waals surface area (Å²) in [7, 11) is 3.09. The number of carbonyl (C=O) groups is 2. The zero-order valence-corrected chi connectivity index (χ0v) is 19.9. The Kier molecular flexibility index (Phi) is 7.67. The van der Waals surface area contributed by atoms with Crippen LogP contribution in [0.15, 0.2) is 78.9 Å². The van der Waals surface area contributed by atoms with E-state index < -0.39 is 0 Å². The SMILES string of the molecule is COc1ccc(C(=O)Nc2ccc(N3CCN(C(=O)/C=C/c4ccccc4)CC3)cc2)cc1OC. The summed E-state index contributed by atoms with van der Waals surface area (Å²) < 4.78 is 10.5. The van der Waals surface area contributed by atoms with Gasteiger partial charge in [0.25, 0.3) is 5.91 Å². The summed E-state index contributed by atoms with van der Waals surface area (Å²) in [6.07, 6.45) is 3.49. The smallest absolute Gasteiger partial charge is 0.255 e. The number of hydrogen-bond donors (Lipinski definition) is 1. The standard InChI is InChI=1S/C28H29N3O4/c1-34-25-14-9-22(20-26(25)35-2)28(33)29-23-10-12-24(13-11-23)30-16-18-31(19-17-30)27(32)15-8-21-6-4-3-5-7-21/h3-15,20H,16-19H2,1-2H3,(H,29,33)/b15-8+. The molecule has 7 nitrogen and oxygen atoms in total. The van der Waals surface area contributed by atoms with Crippen LogP contribution in [-0.4, -0.2) is 57.1 Å². The van der Waals surface area contributed by atoms with E-state index in [-0.39, 0.29) is 11.8 Å². The largest absolute Gasteiger partial charge is 0.493 e. The van der Waals surface area contributed by atoms with Crippen molar-refractivity contribution < 1.29 is 19.1 Å². The summed E-state index contributed by atoms with van der Waals surface area (Å²) in [4.78, 5) is 29.3. The Morgan fingerprint density at radius 1 is 0.829 bits per heavy atom. The molecule has 1 heterocycles. The first-order valence-corrected chi connectivity index (χ1v) is 11.5. The monoisotopic (exact) mass is 471 g/mol. The van der Waals surface area contributed by atoms with Crippen molar-refractivity contribution >= 4 is 29.3 Å². The fourth-order valence-electron chi connectivity index (χ4n) is 3.96. The van der Waals surface area contributed by atoms with Crippen LogP contribution in [-0.2, 0) is 4.79 Å². The number of rotatable bonds is 7. The van der Waals surface area contributed by atoms with E-state index in [2.05, 4.69) is 10.2 Å². The lowest BCUT2D eigenvalue weighted by atomic mass is 10.1. The van der Waals surface area contributed by atoms with Crippen molar-refractivity contribution in [2.45, 2.75) is 0 Å². The number of amides is 2. The predicted molar refractivity (Wildman–Crippen MR) is 138 cm³/mol. The van der Waals surface area contributed by atoms with Crippen molar-refractivity contribution in [2.75, 3.05) is 50.6 Å². The normalized spacial score (nSPS) is 13.5. The molecular formula is C28H29N3O4. The van der Waals surface area contributed by atoms with E-state index in [4.69, 9.17) is 9.47 Å². The third-order valence-electron chi connectivity index (χ3n) is 5.95. The molecule has 2 amide bonds. The second-order valence-corrected chi connectivity index (χ2v) is 8.13. The highest BCUT2D eigenvalue weighted by Gasteiger charge is 2.20. The second-order valence-electron chi connectivity index (χ2n) is 8.13. The van der Waals surface area contributed by atoms with Crippen molar-refractivity contribution in [3.8, 4) is 11.5 Å². The van der Waals surface area contributed by atoms with Crippen LogP contribution >= 0.6 is 0 Å². The van der Waals surface area contributed by atoms with Gasteiger partial charge in [0.2, 0.25) is 5.91 Å². The number of piperazine rings is 1. The molecular weight excluding hydrogens is 442 g/mol. The average Bonchev–Trinajstić information content (AvgIpc) is 2.92. The first-order valence-electron chi connectivity index (χ1n) is 11.5. The van der Waals surface area contributed by atoms with E-state index in [0.29, 0.717) is 35.8 Å². The number of hydrogen-bond acceptors (Lipinski definition) is 5. The quantitative estimate of drug-likeness (QED) is 0.520. The van der Waals surface area contributed by atoms with E-state index in [0.717, 1.165) is 24.3 Å². The van der Waals surface area contributed by atoms with Gasteiger partial charge in [-0.15, -0.1) is 0 Å². The molecule has 0 bridgehead atoms. The number of anilines is 2. The van der Waals surface area contributed by atoms with Crippen LogP contribution in [0.2, 0.25) is 0 Å². The number of nitrogens with zero attached hydrogens (tertiary/aromatic N) is 2. The zero-order valence-electron chi connectivity index (χ0n) is 19.9. The van der Waals surface area contributed by atoms with Gasteiger partial charge in [0.05, 0.1) is 14.2 Å². The average molecular weight is 472 g/mol. The van der Waals surface area contributed by atoms with E-state index >= 15 is 0 Å². The number of carbonyl (C=O) groups excluding carboxylic acids is 2. The Labute approximate surface area is 205 Å². The Hall–Kier alpha value is -4.26. The minimum atomic E-state index is -0.227. The highest BCUT2D eigenvalue weighted by Crippen LogP contribution is 2.28. The van der Waals surface area contributed by atoms with Crippen LogP contribution in [0, 0.1) is 0 Å². The van der Waals surface area contributed by atoms with Gasteiger partial charge in [-0.2, -0.15) is 0 Å². The van der Waals surface area contributed by atoms with E-state index in [1.807, 2.05) is 65.6 Å². The molecule has 35 heavy (non-hydrogen) atoms. The predicted octanol–water partition coefficient (Wildman–Crippen LogP) is 4.32. The van der Waals surface area contributed by atoms with Gasteiger partial charge in [-0.1, -0.05) is 30.3 Å². The van der Waals surface area contributed by atoms with Crippen molar-refractivity contribution in [3.05, 3.63) is 90.0 Å². The van der Waals surface area contributed by atoms with Gasteiger partial charge in [0.1, 0.15) is 0 Å². The van der Waals surface area contributed by atoms with Gasteiger partial charge in [0.15, 0.2) is 11.5 Å². The number of nitrogens with one attached hydrogen (secondary N) is 1. The van der Waals surface area contributed by atoms with Crippen molar-refractivity contribution in [3.63, 3.8) is 0 Å². The van der Waals surface area contributed by atoms with Crippen molar-refractivity contribution in [1.29, 1.82) is 0 Å². The van der Waals surface area contributed by atoms with E-state index in [1.165, 1.54) is 7.11 Å². The van der Waals surface area contributed by atoms with Gasteiger partial charge in [-0.25, -0.2) is 0 Å². The zero-order chi connectivity index (χ0) is 24.6. The molecule has 7 heteroatoms. The first kappa shape index (κ1) is 23.9. The number of ether oxygens (including phenoxy) is 2. The molecule has 4 rings (SSSR count). The fraction of sp³-hybridized carbons (Fsp3) is 0.214. The second kappa shape index (κ2) is 11.2. The highest BCUT2D eigenvalue weighted by molar-refractivity contribution is 6.04. The van der Waals surface area contributed by atoms with E-state index in [9.17, 15) is 9.59 Å². The topological polar surface area (TPSA) is 71.1 Å². The Morgan fingerprint density at radius 3 is 2.17 bits per heavy atom. The maximum Gasteiger partial charge on any atom is 0.255 e. The van der Waals surface area contributed by atoms with Gasteiger partial charge in [-0.3, -0.25) is 9.59 Å². The van der Waals surface area contributed by atoms with Gasteiger partial charge < -0.3 is 24.6 Å². The molecule has 1 aliphatic heterocycles. The summed E-state index contributed by atoms with van der Waals surface area (Å²) in [5, 5.41) is 2.91. The van der Waals surface area contributed by atoms with Crippen LogP contribution in [0.4, 0.5) is 11.4 Å². The summed E-state index contributed by atoms with van der Waals surface area (Å²) >= 11 is 0. The van der Waals surface area contributed by atoms with Crippen LogP contribution in [0.5, 0.6) is 11.5 Å². The minimum absolute atomic E-state index is 0.0294. The molecule has 1 N–H and O–H groups in total. The third-order valence-corrected chi connectivity index (χ3v) is 5.95. The third kappa shape index (κ3) is 6.00. The number of methoxy groups -OCH3 is 2. The first-order chi connectivity index (χ1) is 17.1. The van der Waals surface area contributed by atoms with E-state index in [1.54, 1.807) is 31.4 Å².